The Balaban J connectivity index is 1.90. The number of H-pyrrole nitrogens is 1. The molecular formula is C21H13N5OS. The van der Waals surface area contributed by atoms with Crippen LogP contribution in [0, 0.1) is 21.2 Å². The molecule has 2 aromatic heterocycles. The van der Waals surface area contributed by atoms with Gasteiger partial charge in [-0.15, -0.1) is 11.3 Å². The van der Waals surface area contributed by atoms with Crippen molar-refractivity contribution in [3.63, 3.8) is 0 Å². The quantitative estimate of drug-likeness (QED) is 0.435. The van der Waals surface area contributed by atoms with Gasteiger partial charge in [-0.3, -0.25) is 4.98 Å². The second-order valence-electron chi connectivity index (χ2n) is 6.19. The van der Waals surface area contributed by atoms with Crippen molar-refractivity contribution in [3.8, 4) is 17.3 Å². The van der Waals surface area contributed by atoms with Crippen molar-refractivity contribution in [3.05, 3.63) is 76.0 Å². The average Bonchev–Trinajstić information content (AvgIpc) is 2.92. The van der Waals surface area contributed by atoms with E-state index >= 15 is 0 Å². The molecule has 0 atom stereocenters. The van der Waals surface area contributed by atoms with Crippen LogP contribution in [0.2, 0.25) is 0 Å². The number of anilines is 1. The summed E-state index contributed by atoms with van der Waals surface area (Å²) < 4.78 is 6.81. The molecule has 2 aliphatic heterocycles. The predicted molar refractivity (Wildman–Crippen MR) is 109 cm³/mol. The third kappa shape index (κ3) is 2.47. The van der Waals surface area contributed by atoms with Crippen molar-refractivity contribution in [1.82, 2.24) is 15.0 Å². The van der Waals surface area contributed by atoms with Gasteiger partial charge in [0.1, 0.15) is 17.2 Å². The molecule has 28 heavy (non-hydrogen) atoms. The Bertz CT molecular complexity index is 1500. The van der Waals surface area contributed by atoms with Gasteiger partial charge in [-0.1, -0.05) is 0 Å². The highest BCUT2D eigenvalue weighted by Crippen LogP contribution is 2.32. The highest BCUT2D eigenvalue weighted by Gasteiger charge is 2.15. The summed E-state index contributed by atoms with van der Waals surface area (Å²) in [5.41, 5.74) is 9.73. The van der Waals surface area contributed by atoms with Gasteiger partial charge in [0.2, 0.25) is 0 Å². The Hall–Kier alpha value is -3.89. The van der Waals surface area contributed by atoms with Gasteiger partial charge in [0.15, 0.2) is 0 Å². The summed E-state index contributed by atoms with van der Waals surface area (Å²) in [5, 5.41) is 14.3. The Kier molecular flexibility index (Phi) is 3.71. The van der Waals surface area contributed by atoms with E-state index in [4.69, 9.17) is 10.2 Å². The van der Waals surface area contributed by atoms with Crippen LogP contribution in [0.5, 0.6) is 0 Å². The van der Waals surface area contributed by atoms with E-state index < -0.39 is 0 Å². The Morgan fingerprint density at radius 3 is 3.00 bits per heavy atom. The largest absolute Gasteiger partial charge is 0.464 e. The van der Waals surface area contributed by atoms with Gasteiger partial charge in [-0.25, -0.2) is 4.98 Å². The first-order valence-electron chi connectivity index (χ1n) is 8.50. The SMILES string of the molecule is N#Cc1c(-c2ccc3occc4scc[nH]c=4c3c2)nc2cnccc2c1N. The monoisotopic (exact) mass is 383 g/mol. The molecule has 0 saturated heterocycles. The van der Waals surface area contributed by atoms with Crippen molar-refractivity contribution in [2.75, 3.05) is 5.73 Å². The molecule has 0 unspecified atom stereocenters. The summed E-state index contributed by atoms with van der Waals surface area (Å²) in [6, 6.07) is 11.6. The van der Waals surface area contributed by atoms with Gasteiger partial charge in [0.25, 0.3) is 0 Å². The molecule has 0 aliphatic carbocycles. The number of aromatic nitrogens is 3. The topological polar surface area (TPSA) is 105 Å². The van der Waals surface area contributed by atoms with Crippen molar-refractivity contribution in [2.45, 2.75) is 0 Å². The number of nitrogens with one attached hydrogen (secondary N) is 1. The second kappa shape index (κ2) is 6.37. The molecule has 0 radical (unpaired) electrons. The maximum Gasteiger partial charge on any atom is 0.135 e. The maximum absolute atomic E-state index is 9.74. The van der Waals surface area contributed by atoms with Gasteiger partial charge in [0.05, 0.1) is 39.2 Å². The minimum Gasteiger partial charge on any atom is -0.464 e. The molecule has 0 saturated carbocycles. The lowest BCUT2D eigenvalue weighted by Gasteiger charge is -2.10. The van der Waals surface area contributed by atoms with Gasteiger partial charge in [0, 0.05) is 34.1 Å². The number of nitriles is 1. The molecule has 5 rings (SSSR count). The van der Waals surface area contributed by atoms with Gasteiger partial charge < -0.3 is 15.1 Å². The van der Waals surface area contributed by atoms with Crippen LogP contribution in [0.15, 0.2) is 65.0 Å². The Morgan fingerprint density at radius 2 is 2.11 bits per heavy atom. The molecule has 6 nitrogen and oxygen atoms in total. The van der Waals surface area contributed by atoms with E-state index in [1.54, 1.807) is 36.1 Å². The van der Waals surface area contributed by atoms with E-state index in [1.807, 2.05) is 35.8 Å². The summed E-state index contributed by atoms with van der Waals surface area (Å²) in [7, 11) is 0. The highest BCUT2D eigenvalue weighted by molar-refractivity contribution is 7.07. The number of aromatic amines is 1. The summed E-state index contributed by atoms with van der Waals surface area (Å²) in [6.45, 7) is 0. The molecule has 7 heteroatoms. The zero-order chi connectivity index (χ0) is 19.1. The number of nitrogens with two attached hydrogens (primary N) is 1. The lowest BCUT2D eigenvalue weighted by atomic mass is 10.0. The van der Waals surface area contributed by atoms with Crippen LogP contribution in [0.1, 0.15) is 5.56 Å². The number of pyridine rings is 2. The lowest BCUT2D eigenvalue weighted by molar-refractivity contribution is 0.607. The number of hydrogen-bond acceptors (Lipinski definition) is 6. The zero-order valence-electron chi connectivity index (χ0n) is 14.5. The number of rotatable bonds is 1. The molecule has 0 spiro atoms. The smallest absolute Gasteiger partial charge is 0.135 e. The zero-order valence-corrected chi connectivity index (χ0v) is 15.3. The third-order valence-corrected chi connectivity index (χ3v) is 5.48. The molecule has 0 fully saturated rings. The standard InChI is InChI=1S/C21H13N5OS/c22-10-15-19(23)13-3-5-24-11-16(13)26-20(15)12-1-2-17-14(9-12)21-18(4-7-27-17)28-8-6-25-21/h1-9,11,25H,(H2,23,26). The molecule has 4 heterocycles. The second-order valence-corrected chi connectivity index (χ2v) is 7.14. The van der Waals surface area contributed by atoms with E-state index in [0.717, 1.165) is 31.8 Å². The number of nitrogen functional groups attached to an aromatic ring is 1. The van der Waals surface area contributed by atoms with Gasteiger partial charge >= 0.3 is 0 Å². The third-order valence-electron chi connectivity index (χ3n) is 4.61. The summed E-state index contributed by atoms with van der Waals surface area (Å²) >= 11 is 1.61. The number of nitrogens with zero attached hydrogens (tertiary/aromatic N) is 3. The molecule has 3 aromatic rings. The minimum absolute atomic E-state index is 0.353. The van der Waals surface area contributed by atoms with Crippen LogP contribution >= 0.6 is 11.3 Å². The summed E-state index contributed by atoms with van der Waals surface area (Å²) in [5.74, 6) is 0. The first-order valence-corrected chi connectivity index (χ1v) is 9.38. The van der Waals surface area contributed by atoms with Crippen molar-refractivity contribution >= 4 is 38.9 Å². The van der Waals surface area contributed by atoms with E-state index in [9.17, 15) is 5.26 Å². The fraction of sp³-hybridized carbons (Fsp3) is 0. The summed E-state index contributed by atoms with van der Waals surface area (Å²) in [4.78, 5) is 12.1. The van der Waals surface area contributed by atoms with Crippen LogP contribution in [-0.2, 0) is 0 Å². The highest BCUT2D eigenvalue weighted by atomic mass is 32.1. The summed E-state index contributed by atoms with van der Waals surface area (Å²) in [6.07, 6.45) is 6.85. The molecule has 1 aromatic carbocycles. The first kappa shape index (κ1) is 16.3. The van der Waals surface area contributed by atoms with Crippen LogP contribution in [-0.4, -0.2) is 15.0 Å². The van der Waals surface area contributed by atoms with Crippen LogP contribution in [0.3, 0.4) is 0 Å². The number of hydrogen-bond donors (Lipinski definition) is 2. The maximum atomic E-state index is 9.74. The van der Waals surface area contributed by atoms with Gasteiger partial charge in [-0.05, 0) is 30.3 Å². The normalized spacial score (nSPS) is 11.0. The van der Waals surface area contributed by atoms with Crippen LogP contribution < -0.4 is 5.73 Å². The molecule has 3 N–H and O–H groups in total. The van der Waals surface area contributed by atoms with Crippen molar-refractivity contribution in [2.24, 2.45) is 0 Å². The molecule has 2 aliphatic rings. The number of fused-ring (bicyclic) bond motifs is 3. The lowest BCUT2D eigenvalue weighted by Crippen LogP contribution is -1.99. The fourth-order valence-corrected chi connectivity index (χ4v) is 4.00. The average molecular weight is 383 g/mol. The van der Waals surface area contributed by atoms with E-state index in [0.29, 0.717) is 22.5 Å². The Morgan fingerprint density at radius 1 is 1.18 bits per heavy atom. The van der Waals surface area contributed by atoms with E-state index in [2.05, 4.69) is 21.0 Å². The van der Waals surface area contributed by atoms with Crippen LogP contribution in [0.4, 0.5) is 5.69 Å². The Labute approximate surface area is 162 Å². The number of benzene rings is 1. The molecular weight excluding hydrogens is 370 g/mol. The fourth-order valence-electron chi connectivity index (χ4n) is 3.30. The van der Waals surface area contributed by atoms with Crippen LogP contribution in [0.25, 0.3) is 33.1 Å². The minimum atomic E-state index is 0.353. The predicted octanol–water partition coefficient (Wildman–Crippen LogP) is 4.74. The first-order chi connectivity index (χ1) is 13.8. The van der Waals surface area contributed by atoms with Crippen molar-refractivity contribution < 1.29 is 4.42 Å². The molecule has 0 amide bonds. The van der Waals surface area contributed by atoms with Gasteiger partial charge in [-0.2, -0.15) is 5.26 Å². The van der Waals surface area contributed by atoms with E-state index in [-0.39, 0.29) is 0 Å². The van der Waals surface area contributed by atoms with E-state index in [1.165, 1.54) is 0 Å². The molecule has 0 bridgehead atoms. The van der Waals surface area contributed by atoms with Crippen molar-refractivity contribution in [1.29, 1.82) is 5.26 Å². The molecule has 134 valence electrons.